The van der Waals surface area contributed by atoms with Crippen LogP contribution < -0.4 is 10.6 Å². The van der Waals surface area contributed by atoms with E-state index in [1.165, 1.54) is 5.56 Å². The Labute approximate surface area is 180 Å². The van der Waals surface area contributed by atoms with E-state index in [9.17, 15) is 4.79 Å². The van der Waals surface area contributed by atoms with Crippen molar-refractivity contribution in [3.05, 3.63) is 47.0 Å². The molecule has 0 aliphatic rings. The first-order valence-electron chi connectivity index (χ1n) is 9.60. The van der Waals surface area contributed by atoms with Gasteiger partial charge in [-0.15, -0.1) is 0 Å². The lowest BCUT2D eigenvalue weighted by Gasteiger charge is -2.12. The summed E-state index contributed by atoms with van der Waals surface area (Å²) in [6.45, 7) is 7.95. The number of rotatable bonds is 5. The normalized spacial score (nSPS) is 12.2. The summed E-state index contributed by atoms with van der Waals surface area (Å²) in [5.41, 5.74) is 4.12. The number of halogens is 1. The number of fused-ring (bicyclic) bond motifs is 1. The van der Waals surface area contributed by atoms with Gasteiger partial charge in [0.05, 0.1) is 10.7 Å². The van der Waals surface area contributed by atoms with Crippen LogP contribution in [0.25, 0.3) is 22.6 Å². The van der Waals surface area contributed by atoms with Crippen LogP contribution in [0.15, 0.2) is 40.8 Å². The van der Waals surface area contributed by atoms with E-state index < -0.39 is 0 Å². The number of carbonyl (C=O) groups excluding carboxylic acids is 1. The van der Waals surface area contributed by atoms with Crippen molar-refractivity contribution >= 4 is 51.6 Å². The van der Waals surface area contributed by atoms with Gasteiger partial charge in [0, 0.05) is 11.5 Å². The molecular weight excluding hydrogens is 406 g/mol. The summed E-state index contributed by atoms with van der Waals surface area (Å²) >= 11 is 11.5. The molecule has 3 aromatic rings. The minimum absolute atomic E-state index is 0.161. The molecule has 0 aliphatic carbocycles. The highest BCUT2D eigenvalue weighted by Gasteiger charge is 2.14. The van der Waals surface area contributed by atoms with Gasteiger partial charge in [0.15, 0.2) is 10.7 Å². The van der Waals surface area contributed by atoms with E-state index in [0.29, 0.717) is 22.5 Å². The van der Waals surface area contributed by atoms with E-state index in [4.69, 9.17) is 28.2 Å². The van der Waals surface area contributed by atoms with Crippen molar-refractivity contribution in [2.75, 3.05) is 5.32 Å². The van der Waals surface area contributed by atoms with Gasteiger partial charge in [-0.1, -0.05) is 45.4 Å². The number of thiocarbonyl (C=S) groups is 1. The number of hydrogen-bond donors (Lipinski definition) is 2. The summed E-state index contributed by atoms with van der Waals surface area (Å²) in [7, 11) is 0. The van der Waals surface area contributed by atoms with Crippen LogP contribution in [0.2, 0.25) is 5.02 Å². The highest BCUT2D eigenvalue weighted by Crippen LogP contribution is 2.31. The van der Waals surface area contributed by atoms with Crippen molar-refractivity contribution in [1.29, 1.82) is 0 Å². The van der Waals surface area contributed by atoms with Gasteiger partial charge in [-0.05, 0) is 60.5 Å². The van der Waals surface area contributed by atoms with Crippen molar-refractivity contribution in [3.8, 4) is 11.5 Å². The molecule has 0 saturated carbocycles. The van der Waals surface area contributed by atoms with Crippen LogP contribution in [0, 0.1) is 5.92 Å². The van der Waals surface area contributed by atoms with Crippen LogP contribution >= 0.6 is 23.8 Å². The second-order valence-electron chi connectivity index (χ2n) is 7.35. The standard InChI is InChI=1S/C22H24ClN3O2S/c1-5-13(4)14-7-9-19-18(10-14)24-21(28-19)15-6-8-16(23)17(11-15)25-22(29)26-20(27)12(2)3/h6-13H,5H2,1-4H3,(H2,25,26,27,29). The van der Waals surface area contributed by atoms with Crippen LogP contribution in [0.5, 0.6) is 0 Å². The topological polar surface area (TPSA) is 67.2 Å². The number of oxazole rings is 1. The molecule has 29 heavy (non-hydrogen) atoms. The second-order valence-corrected chi connectivity index (χ2v) is 8.16. The van der Waals surface area contributed by atoms with Gasteiger partial charge < -0.3 is 15.1 Å². The lowest BCUT2D eigenvalue weighted by molar-refractivity contribution is -0.122. The molecule has 0 aliphatic heterocycles. The highest BCUT2D eigenvalue weighted by molar-refractivity contribution is 7.80. The highest BCUT2D eigenvalue weighted by atomic mass is 35.5. The molecule has 2 N–H and O–H groups in total. The fourth-order valence-corrected chi connectivity index (χ4v) is 3.15. The van der Waals surface area contributed by atoms with E-state index >= 15 is 0 Å². The smallest absolute Gasteiger partial charge is 0.228 e. The summed E-state index contributed by atoms with van der Waals surface area (Å²) in [6.07, 6.45) is 1.07. The monoisotopic (exact) mass is 429 g/mol. The van der Waals surface area contributed by atoms with E-state index in [-0.39, 0.29) is 16.9 Å². The molecule has 7 heteroatoms. The molecule has 0 saturated heterocycles. The summed E-state index contributed by atoms with van der Waals surface area (Å²) in [4.78, 5) is 16.5. The Bertz CT molecular complexity index is 1060. The van der Waals surface area contributed by atoms with E-state index in [1.54, 1.807) is 26.0 Å². The molecule has 1 amide bonds. The van der Waals surface area contributed by atoms with Gasteiger partial charge in [-0.3, -0.25) is 4.79 Å². The SMILES string of the molecule is CCC(C)c1ccc2oc(-c3ccc(Cl)c(NC(=S)NC(=O)C(C)C)c3)nc2c1. The first-order valence-corrected chi connectivity index (χ1v) is 10.4. The van der Waals surface area contributed by atoms with Crippen LogP contribution in [-0.4, -0.2) is 16.0 Å². The van der Waals surface area contributed by atoms with Crippen molar-refractivity contribution < 1.29 is 9.21 Å². The third-order valence-electron chi connectivity index (χ3n) is 4.82. The summed E-state index contributed by atoms with van der Waals surface area (Å²) < 4.78 is 5.93. The zero-order valence-electron chi connectivity index (χ0n) is 16.9. The number of aromatic nitrogens is 1. The third kappa shape index (κ3) is 4.95. The van der Waals surface area contributed by atoms with Gasteiger partial charge in [0.2, 0.25) is 11.8 Å². The van der Waals surface area contributed by atoms with Crippen LogP contribution in [0.1, 0.15) is 45.6 Å². The van der Waals surface area contributed by atoms with E-state index in [2.05, 4.69) is 41.6 Å². The Morgan fingerprint density at radius 1 is 1.21 bits per heavy atom. The molecule has 1 heterocycles. The maximum absolute atomic E-state index is 11.8. The summed E-state index contributed by atoms with van der Waals surface area (Å²) in [5.74, 6) is 0.633. The summed E-state index contributed by atoms with van der Waals surface area (Å²) in [5, 5.41) is 6.28. The molecule has 0 fully saturated rings. The van der Waals surface area contributed by atoms with Crippen molar-refractivity contribution in [1.82, 2.24) is 10.3 Å². The van der Waals surface area contributed by atoms with Gasteiger partial charge in [-0.2, -0.15) is 0 Å². The number of amides is 1. The number of anilines is 1. The quantitative estimate of drug-likeness (QED) is 0.477. The molecule has 2 aromatic carbocycles. The maximum atomic E-state index is 11.8. The maximum Gasteiger partial charge on any atom is 0.228 e. The molecule has 1 unspecified atom stereocenters. The first-order chi connectivity index (χ1) is 13.8. The molecule has 152 valence electrons. The molecule has 5 nitrogen and oxygen atoms in total. The van der Waals surface area contributed by atoms with Crippen LogP contribution in [0.3, 0.4) is 0 Å². The second kappa shape index (κ2) is 8.93. The van der Waals surface area contributed by atoms with Crippen LogP contribution in [-0.2, 0) is 4.79 Å². The molecule has 3 rings (SSSR count). The predicted molar refractivity (Wildman–Crippen MR) is 122 cm³/mol. The molecule has 1 atom stereocenters. The zero-order chi connectivity index (χ0) is 21.1. The van der Waals surface area contributed by atoms with Crippen molar-refractivity contribution in [2.45, 2.75) is 40.0 Å². The minimum atomic E-state index is -0.170. The van der Waals surface area contributed by atoms with Crippen molar-refractivity contribution in [3.63, 3.8) is 0 Å². The van der Waals surface area contributed by atoms with Crippen molar-refractivity contribution in [2.24, 2.45) is 5.92 Å². The Morgan fingerprint density at radius 3 is 2.66 bits per heavy atom. The number of benzene rings is 2. The van der Waals surface area contributed by atoms with Gasteiger partial charge in [-0.25, -0.2) is 4.98 Å². The zero-order valence-corrected chi connectivity index (χ0v) is 18.4. The Morgan fingerprint density at radius 2 is 1.97 bits per heavy atom. The van der Waals surface area contributed by atoms with E-state index in [1.807, 2.05) is 12.1 Å². The molecular formula is C22H24ClN3O2S. The Hall–Kier alpha value is -2.44. The average molecular weight is 430 g/mol. The number of hydrogen-bond acceptors (Lipinski definition) is 4. The van der Waals surface area contributed by atoms with Gasteiger partial charge in [0.25, 0.3) is 0 Å². The molecule has 0 radical (unpaired) electrons. The molecule has 0 bridgehead atoms. The Kier molecular flexibility index (Phi) is 6.55. The number of nitrogens with zero attached hydrogens (tertiary/aromatic N) is 1. The number of nitrogens with one attached hydrogen (secondary N) is 2. The first kappa shape index (κ1) is 21.3. The Balaban J connectivity index is 1.87. The molecule has 0 spiro atoms. The lowest BCUT2D eigenvalue weighted by atomic mass is 9.98. The predicted octanol–water partition coefficient (Wildman–Crippen LogP) is 6.13. The third-order valence-corrected chi connectivity index (χ3v) is 5.35. The van der Waals surface area contributed by atoms with Crippen LogP contribution in [0.4, 0.5) is 5.69 Å². The molecule has 1 aromatic heterocycles. The number of carbonyl (C=O) groups is 1. The largest absolute Gasteiger partial charge is 0.436 e. The van der Waals surface area contributed by atoms with Gasteiger partial charge >= 0.3 is 0 Å². The summed E-state index contributed by atoms with van der Waals surface area (Å²) in [6, 6.07) is 11.5. The van der Waals surface area contributed by atoms with Gasteiger partial charge in [0.1, 0.15) is 5.52 Å². The van der Waals surface area contributed by atoms with E-state index in [0.717, 1.165) is 23.1 Å². The minimum Gasteiger partial charge on any atom is -0.436 e. The fourth-order valence-electron chi connectivity index (χ4n) is 2.77. The lowest BCUT2D eigenvalue weighted by Crippen LogP contribution is -2.36. The average Bonchev–Trinajstić information content (AvgIpc) is 3.12. The fraction of sp³-hybridized carbons (Fsp3) is 0.318.